The van der Waals surface area contributed by atoms with Crippen molar-refractivity contribution in [2.75, 3.05) is 11.8 Å². The molecule has 0 fully saturated rings. The summed E-state index contributed by atoms with van der Waals surface area (Å²) in [6.07, 6.45) is 0. The van der Waals surface area contributed by atoms with E-state index >= 15 is 0 Å². The van der Waals surface area contributed by atoms with Gasteiger partial charge in [0.15, 0.2) is 11.0 Å². The minimum atomic E-state index is -1.75. The Morgan fingerprint density at radius 3 is 2.61 bits per heavy atom. The number of phenols is 1. The first-order chi connectivity index (χ1) is 13.3. The van der Waals surface area contributed by atoms with Crippen molar-refractivity contribution in [3.05, 3.63) is 58.2 Å². The molecule has 3 N–H and O–H groups in total. The lowest BCUT2D eigenvalue weighted by Crippen LogP contribution is -2.04. The Morgan fingerprint density at radius 2 is 1.96 bits per heavy atom. The molecule has 3 aromatic rings. The maximum absolute atomic E-state index is 13.6. The Hall–Kier alpha value is -2.62. The summed E-state index contributed by atoms with van der Waals surface area (Å²) in [4.78, 5) is 10.9. The number of carboxylic acid groups (broad SMARTS) is 1. The Kier molecular flexibility index (Phi) is 5.87. The van der Waals surface area contributed by atoms with Gasteiger partial charge >= 0.3 is 5.97 Å². The predicted octanol–water partition coefficient (Wildman–Crippen LogP) is 4.75. The van der Waals surface area contributed by atoms with Crippen molar-refractivity contribution in [2.24, 2.45) is 0 Å². The summed E-state index contributed by atoms with van der Waals surface area (Å²) in [7, 11) is -0.297. The largest absolute Gasteiger partial charge is 0.507 e. The second-order valence-electron chi connectivity index (χ2n) is 5.51. The summed E-state index contributed by atoms with van der Waals surface area (Å²) >= 11 is 7.30. The van der Waals surface area contributed by atoms with Crippen molar-refractivity contribution < 1.29 is 28.3 Å². The predicted molar refractivity (Wildman–Crippen MR) is 106 cm³/mol. The van der Waals surface area contributed by atoms with Gasteiger partial charge in [-0.2, -0.15) is 0 Å². The SMILES string of the molecule is COc1ccc(F)cc1-c1cc(S(=O)Nc2ccc(C(=O)O)c(O)c2)sc1Cl. The van der Waals surface area contributed by atoms with Gasteiger partial charge in [0.1, 0.15) is 31.4 Å². The zero-order valence-corrected chi connectivity index (χ0v) is 16.6. The lowest BCUT2D eigenvalue weighted by Gasteiger charge is -2.07. The number of thiophene rings is 1. The number of aromatic hydroxyl groups is 1. The van der Waals surface area contributed by atoms with Crippen molar-refractivity contribution in [1.82, 2.24) is 0 Å². The van der Waals surface area contributed by atoms with E-state index in [1.165, 1.54) is 37.4 Å². The second kappa shape index (κ2) is 8.17. The molecule has 1 atom stereocenters. The van der Waals surface area contributed by atoms with E-state index in [1.54, 1.807) is 6.07 Å². The molecule has 1 unspecified atom stereocenters. The van der Waals surface area contributed by atoms with Gasteiger partial charge in [-0.15, -0.1) is 11.3 Å². The van der Waals surface area contributed by atoms with E-state index in [2.05, 4.69) is 4.72 Å². The van der Waals surface area contributed by atoms with E-state index in [0.29, 0.717) is 25.4 Å². The van der Waals surface area contributed by atoms with Gasteiger partial charge in [-0.1, -0.05) is 11.6 Å². The molecule has 0 aliphatic rings. The number of ether oxygens (including phenoxy) is 1. The van der Waals surface area contributed by atoms with Crippen LogP contribution in [0.3, 0.4) is 0 Å². The van der Waals surface area contributed by atoms with Gasteiger partial charge in [-0.05, 0) is 36.4 Å². The molecule has 0 spiro atoms. The zero-order valence-electron chi connectivity index (χ0n) is 14.2. The number of rotatable bonds is 6. The number of hydrogen-bond acceptors (Lipinski definition) is 5. The monoisotopic (exact) mass is 441 g/mol. The fourth-order valence-corrected chi connectivity index (χ4v) is 4.97. The number of benzene rings is 2. The highest BCUT2D eigenvalue weighted by atomic mass is 35.5. The van der Waals surface area contributed by atoms with Gasteiger partial charge in [0.25, 0.3) is 0 Å². The quantitative estimate of drug-likeness (QED) is 0.512. The highest BCUT2D eigenvalue weighted by Crippen LogP contribution is 2.41. The van der Waals surface area contributed by atoms with Crippen LogP contribution in [0.2, 0.25) is 4.34 Å². The van der Waals surface area contributed by atoms with Crippen LogP contribution in [0, 0.1) is 5.82 Å². The third-order valence-electron chi connectivity index (χ3n) is 3.74. The van der Waals surface area contributed by atoms with Crippen LogP contribution in [-0.2, 0) is 11.0 Å². The Morgan fingerprint density at radius 1 is 1.21 bits per heavy atom. The van der Waals surface area contributed by atoms with E-state index in [1.807, 2.05) is 0 Å². The molecule has 0 amide bonds. The van der Waals surface area contributed by atoms with Crippen LogP contribution in [0.15, 0.2) is 46.7 Å². The molecule has 1 heterocycles. The molecule has 3 rings (SSSR count). The molecular formula is C18H13ClFNO5S2. The van der Waals surface area contributed by atoms with E-state index in [0.717, 1.165) is 17.4 Å². The number of carboxylic acids is 1. The first-order valence-corrected chi connectivity index (χ1v) is 10.0. The van der Waals surface area contributed by atoms with Crippen LogP contribution in [0.25, 0.3) is 11.1 Å². The molecule has 28 heavy (non-hydrogen) atoms. The fraction of sp³-hybridized carbons (Fsp3) is 0.0556. The van der Waals surface area contributed by atoms with Crippen LogP contribution < -0.4 is 9.46 Å². The molecule has 1 aromatic heterocycles. The molecule has 0 aliphatic carbocycles. The first kappa shape index (κ1) is 20.1. The molecule has 0 saturated heterocycles. The summed E-state index contributed by atoms with van der Waals surface area (Å²) in [5.41, 5.74) is 0.888. The number of methoxy groups -OCH3 is 1. The van der Waals surface area contributed by atoms with Crippen LogP contribution >= 0.6 is 22.9 Å². The molecule has 0 saturated carbocycles. The van der Waals surface area contributed by atoms with Crippen LogP contribution in [0.5, 0.6) is 11.5 Å². The molecule has 10 heteroatoms. The smallest absolute Gasteiger partial charge is 0.339 e. The molecular weight excluding hydrogens is 429 g/mol. The molecule has 0 aliphatic heterocycles. The summed E-state index contributed by atoms with van der Waals surface area (Å²) < 4.78 is 34.8. The van der Waals surface area contributed by atoms with E-state index in [4.69, 9.17) is 21.4 Å². The van der Waals surface area contributed by atoms with Crippen molar-refractivity contribution in [3.63, 3.8) is 0 Å². The number of hydrogen-bond donors (Lipinski definition) is 3. The van der Waals surface area contributed by atoms with E-state index in [9.17, 15) is 18.5 Å². The Bertz CT molecular complexity index is 1090. The fourth-order valence-electron chi connectivity index (χ4n) is 2.45. The summed E-state index contributed by atoms with van der Waals surface area (Å²) in [6, 6.07) is 9.30. The minimum Gasteiger partial charge on any atom is -0.507 e. The van der Waals surface area contributed by atoms with Crippen molar-refractivity contribution >= 4 is 45.6 Å². The Balaban J connectivity index is 1.89. The topological polar surface area (TPSA) is 95.9 Å². The molecule has 146 valence electrons. The van der Waals surface area contributed by atoms with Crippen molar-refractivity contribution in [3.8, 4) is 22.6 Å². The highest BCUT2D eigenvalue weighted by Gasteiger charge is 2.18. The number of anilines is 1. The first-order valence-electron chi connectivity index (χ1n) is 7.68. The summed E-state index contributed by atoms with van der Waals surface area (Å²) in [5, 5.41) is 18.7. The zero-order chi connectivity index (χ0) is 20.4. The minimum absolute atomic E-state index is 0.259. The number of carbonyl (C=O) groups is 1. The average molecular weight is 442 g/mol. The average Bonchev–Trinajstić information content (AvgIpc) is 3.03. The van der Waals surface area contributed by atoms with Crippen LogP contribution in [-0.4, -0.2) is 27.5 Å². The summed E-state index contributed by atoms with van der Waals surface area (Å²) in [5.74, 6) is -1.78. The summed E-state index contributed by atoms with van der Waals surface area (Å²) in [6.45, 7) is 0. The van der Waals surface area contributed by atoms with Gasteiger partial charge in [-0.3, -0.25) is 0 Å². The maximum atomic E-state index is 13.6. The molecule has 2 aromatic carbocycles. The normalized spacial score (nSPS) is 11.8. The standard InChI is InChI=1S/C18H13ClFNO5S2/c1-26-15-5-2-9(20)6-12(15)13-8-16(27-17(13)19)28(25)21-10-3-4-11(18(23)24)14(22)7-10/h2-8,21-22H,1H3,(H,23,24). The van der Waals surface area contributed by atoms with E-state index < -0.39 is 28.5 Å². The van der Waals surface area contributed by atoms with Crippen molar-refractivity contribution in [2.45, 2.75) is 4.21 Å². The second-order valence-corrected chi connectivity index (χ2v) is 8.60. The van der Waals surface area contributed by atoms with Gasteiger partial charge in [0.05, 0.1) is 12.8 Å². The van der Waals surface area contributed by atoms with Gasteiger partial charge in [-0.25, -0.2) is 13.4 Å². The Labute approximate surface area is 170 Å². The van der Waals surface area contributed by atoms with Gasteiger partial charge < -0.3 is 19.7 Å². The number of aromatic carboxylic acids is 1. The number of nitrogens with one attached hydrogen (secondary N) is 1. The van der Waals surface area contributed by atoms with Gasteiger partial charge in [0, 0.05) is 17.2 Å². The molecule has 6 nitrogen and oxygen atoms in total. The van der Waals surface area contributed by atoms with E-state index in [-0.39, 0.29) is 11.3 Å². The number of halogens is 2. The molecule has 0 radical (unpaired) electrons. The van der Waals surface area contributed by atoms with Gasteiger partial charge in [0.2, 0.25) is 0 Å². The third-order valence-corrected chi connectivity index (χ3v) is 6.50. The molecule has 0 bridgehead atoms. The lowest BCUT2D eigenvalue weighted by molar-refractivity contribution is 0.0694. The lowest BCUT2D eigenvalue weighted by atomic mass is 10.1. The maximum Gasteiger partial charge on any atom is 0.339 e. The highest BCUT2D eigenvalue weighted by molar-refractivity contribution is 7.88. The van der Waals surface area contributed by atoms with Crippen LogP contribution in [0.4, 0.5) is 10.1 Å². The third kappa shape index (κ3) is 4.11. The van der Waals surface area contributed by atoms with Crippen LogP contribution in [0.1, 0.15) is 10.4 Å². The van der Waals surface area contributed by atoms with Crippen molar-refractivity contribution in [1.29, 1.82) is 0 Å².